The average Bonchev–Trinajstić information content (AvgIpc) is 2.58. The van der Waals surface area contributed by atoms with Crippen LogP contribution in [-0.4, -0.2) is 38.4 Å². The van der Waals surface area contributed by atoms with Gasteiger partial charge in [0, 0.05) is 12.5 Å². The monoisotopic (exact) mass is 341 g/mol. The van der Waals surface area contributed by atoms with Crippen LogP contribution >= 0.6 is 0 Å². The molecule has 2 bridgehead atoms. The van der Waals surface area contributed by atoms with Gasteiger partial charge in [0.05, 0.1) is 6.04 Å². The highest BCUT2D eigenvalue weighted by atomic mass is 32.2. The first-order valence-electron chi connectivity index (χ1n) is 6.86. The van der Waals surface area contributed by atoms with E-state index in [0.717, 1.165) is 0 Å². The van der Waals surface area contributed by atoms with E-state index in [1.807, 2.05) is 0 Å². The van der Waals surface area contributed by atoms with Crippen LogP contribution in [0.25, 0.3) is 0 Å². The molecule has 22 heavy (non-hydrogen) atoms. The van der Waals surface area contributed by atoms with Gasteiger partial charge in [0.15, 0.2) is 0 Å². The Balaban J connectivity index is 2.07. The van der Waals surface area contributed by atoms with Crippen LogP contribution < -0.4 is 0 Å². The molecule has 0 aliphatic carbocycles. The second kappa shape index (κ2) is 5.75. The zero-order chi connectivity index (χ0) is 16.7. The lowest BCUT2D eigenvalue weighted by molar-refractivity contribution is -0.0461. The molecule has 2 heterocycles. The summed E-state index contributed by atoms with van der Waals surface area (Å²) in [5.74, 6) is 0.0166. The average molecular weight is 341 g/mol. The highest BCUT2D eigenvalue weighted by Crippen LogP contribution is 2.37. The number of nitrogens with zero attached hydrogens (tertiary/aromatic N) is 1. The highest BCUT2D eigenvalue weighted by Gasteiger charge is 2.45. The molecule has 1 fully saturated rings. The molecule has 0 radical (unpaired) electrons. The van der Waals surface area contributed by atoms with Crippen molar-refractivity contribution in [2.24, 2.45) is 0 Å². The lowest BCUT2D eigenvalue weighted by Gasteiger charge is -2.34. The van der Waals surface area contributed by atoms with Gasteiger partial charge >= 0.3 is 22.7 Å². The van der Waals surface area contributed by atoms with E-state index in [1.165, 1.54) is 11.0 Å². The molecule has 5 nitrogen and oxygen atoms in total. The lowest BCUT2D eigenvalue weighted by atomic mass is 10.1. The molecule has 0 saturated carbocycles. The van der Waals surface area contributed by atoms with Gasteiger partial charge in [0.1, 0.15) is 11.4 Å². The van der Waals surface area contributed by atoms with Crippen molar-refractivity contribution in [1.29, 1.82) is 0 Å². The highest BCUT2D eigenvalue weighted by molar-refractivity contribution is 7.81. The van der Waals surface area contributed by atoms with Gasteiger partial charge in [0.25, 0.3) is 0 Å². The van der Waals surface area contributed by atoms with Crippen LogP contribution in [0.1, 0.15) is 40.0 Å². The van der Waals surface area contributed by atoms with E-state index in [2.05, 4.69) is 4.18 Å². The van der Waals surface area contributed by atoms with E-state index in [4.69, 9.17) is 4.74 Å². The Kier molecular flexibility index (Phi) is 4.47. The maximum absolute atomic E-state index is 12.3. The predicted molar refractivity (Wildman–Crippen MR) is 72.9 cm³/mol. The number of carbonyl (C=O) groups excluding carboxylic acids is 1. The molecule has 1 saturated heterocycles. The minimum Gasteiger partial charge on any atom is -0.444 e. The molecule has 9 heteroatoms. The molecule has 2 rings (SSSR count). The summed E-state index contributed by atoms with van der Waals surface area (Å²) >= 11 is -3.38. The first-order chi connectivity index (χ1) is 9.97. The summed E-state index contributed by atoms with van der Waals surface area (Å²) in [6.07, 6.45) is 2.31. The lowest BCUT2D eigenvalue weighted by Crippen LogP contribution is -2.46. The van der Waals surface area contributed by atoms with Crippen LogP contribution in [0.4, 0.5) is 18.0 Å². The van der Waals surface area contributed by atoms with Gasteiger partial charge in [0.2, 0.25) is 0 Å². The van der Waals surface area contributed by atoms with Crippen LogP contribution in [0.5, 0.6) is 0 Å². The second-order valence-corrected chi connectivity index (χ2v) is 7.39. The van der Waals surface area contributed by atoms with Crippen LogP contribution in [0.3, 0.4) is 0 Å². The minimum absolute atomic E-state index is 0.0166. The predicted octanol–water partition coefficient (Wildman–Crippen LogP) is 3.24. The molecule has 1 amide bonds. The topological polar surface area (TPSA) is 55.8 Å². The molecular weight excluding hydrogens is 323 g/mol. The Morgan fingerprint density at radius 2 is 1.95 bits per heavy atom. The molecule has 126 valence electrons. The third-order valence-electron chi connectivity index (χ3n) is 3.34. The van der Waals surface area contributed by atoms with Gasteiger partial charge in [-0.05, 0) is 39.7 Å². The van der Waals surface area contributed by atoms with Crippen LogP contribution in [0, 0.1) is 0 Å². The third-order valence-corrected chi connectivity index (χ3v) is 4.08. The van der Waals surface area contributed by atoms with E-state index in [-0.39, 0.29) is 24.3 Å². The summed E-state index contributed by atoms with van der Waals surface area (Å²) in [7, 11) is 0. The summed E-state index contributed by atoms with van der Waals surface area (Å²) in [6.45, 7) is 5.23. The van der Waals surface area contributed by atoms with Crippen molar-refractivity contribution in [1.82, 2.24) is 4.90 Å². The van der Waals surface area contributed by atoms with Gasteiger partial charge in [-0.1, -0.05) is 0 Å². The summed E-state index contributed by atoms with van der Waals surface area (Å²) < 4.78 is 57.6. The summed E-state index contributed by atoms with van der Waals surface area (Å²) in [6, 6.07) is -0.668. The number of rotatable bonds is 2. The van der Waals surface area contributed by atoms with Crippen molar-refractivity contribution in [3.05, 3.63) is 11.8 Å². The van der Waals surface area contributed by atoms with Gasteiger partial charge in [-0.25, -0.2) is 9.00 Å². The van der Waals surface area contributed by atoms with E-state index < -0.39 is 28.3 Å². The first-order valence-corrected chi connectivity index (χ1v) is 7.94. The fourth-order valence-electron chi connectivity index (χ4n) is 2.60. The zero-order valence-electron chi connectivity index (χ0n) is 12.5. The third kappa shape index (κ3) is 3.93. The smallest absolute Gasteiger partial charge is 0.444 e. The van der Waals surface area contributed by atoms with E-state index in [0.29, 0.717) is 12.8 Å². The van der Waals surface area contributed by atoms with Crippen LogP contribution in [0.2, 0.25) is 0 Å². The molecule has 0 aromatic carbocycles. The normalized spacial score (nSPS) is 26.5. The molecule has 0 aromatic heterocycles. The van der Waals surface area contributed by atoms with Crippen LogP contribution in [0.15, 0.2) is 11.8 Å². The number of amides is 1. The van der Waals surface area contributed by atoms with Crippen molar-refractivity contribution >= 4 is 17.2 Å². The van der Waals surface area contributed by atoms with Crippen molar-refractivity contribution in [2.75, 3.05) is 0 Å². The summed E-state index contributed by atoms with van der Waals surface area (Å²) in [5, 5.41) is 0. The largest absolute Gasteiger partial charge is 0.508 e. The SMILES string of the molecule is CC(C)(C)OC(=O)N1C2C=C(OS(=O)C(F)(F)F)CC1CC2. The fraction of sp³-hybridized carbons (Fsp3) is 0.769. The second-order valence-electron chi connectivity index (χ2n) is 6.29. The van der Waals surface area contributed by atoms with Gasteiger partial charge in [-0.15, -0.1) is 0 Å². The number of fused-ring (bicyclic) bond motifs is 2. The van der Waals surface area contributed by atoms with Crippen molar-refractivity contribution in [3.8, 4) is 0 Å². The molecule has 0 N–H and O–H groups in total. The number of hydrogen-bond donors (Lipinski definition) is 0. The summed E-state index contributed by atoms with van der Waals surface area (Å²) in [5.41, 5.74) is -5.56. The van der Waals surface area contributed by atoms with Crippen molar-refractivity contribution in [3.63, 3.8) is 0 Å². The molecule has 2 aliphatic heterocycles. The Morgan fingerprint density at radius 3 is 2.45 bits per heavy atom. The minimum atomic E-state index is -4.91. The Bertz CT molecular complexity index is 512. The first kappa shape index (κ1) is 17.1. The molecular formula is C13H18F3NO4S. The van der Waals surface area contributed by atoms with E-state index >= 15 is 0 Å². The van der Waals surface area contributed by atoms with Gasteiger partial charge in [-0.3, -0.25) is 4.90 Å². The number of halogens is 3. The number of ether oxygens (including phenoxy) is 1. The maximum Gasteiger partial charge on any atom is 0.508 e. The number of alkyl halides is 3. The Morgan fingerprint density at radius 1 is 1.32 bits per heavy atom. The molecule has 3 unspecified atom stereocenters. The quantitative estimate of drug-likeness (QED) is 0.774. The zero-order valence-corrected chi connectivity index (χ0v) is 13.3. The Labute approximate surface area is 129 Å². The maximum atomic E-state index is 12.3. The van der Waals surface area contributed by atoms with Gasteiger partial charge < -0.3 is 8.92 Å². The van der Waals surface area contributed by atoms with Gasteiger partial charge in [-0.2, -0.15) is 13.2 Å². The van der Waals surface area contributed by atoms with Crippen LogP contribution in [-0.2, 0) is 20.0 Å². The molecule has 0 spiro atoms. The van der Waals surface area contributed by atoms with E-state index in [1.54, 1.807) is 20.8 Å². The molecule has 0 aromatic rings. The van der Waals surface area contributed by atoms with Crippen molar-refractivity contribution in [2.45, 2.75) is 63.2 Å². The summed E-state index contributed by atoms with van der Waals surface area (Å²) in [4.78, 5) is 13.7. The fourth-order valence-corrected chi connectivity index (χ4v) is 3.01. The number of carbonyl (C=O) groups is 1. The van der Waals surface area contributed by atoms with E-state index in [9.17, 15) is 22.2 Å². The Hall–Kier alpha value is -1.25. The standard InChI is InChI=1S/C13H18F3NO4S/c1-12(2,3)20-11(18)17-8-4-5-9(17)7-10(6-8)21-22(19)13(14,15)16/h6,8-9H,4-5,7H2,1-3H3. The number of hydrogen-bond acceptors (Lipinski definition) is 4. The van der Waals surface area contributed by atoms with Crippen molar-refractivity contribution < 1.29 is 31.1 Å². The molecule has 3 atom stereocenters. The molecule has 2 aliphatic rings.